The van der Waals surface area contributed by atoms with Gasteiger partial charge in [-0.3, -0.25) is 4.57 Å². The summed E-state index contributed by atoms with van der Waals surface area (Å²) in [4.78, 5) is 0. The molecule has 27 heavy (non-hydrogen) atoms. The first-order valence-electron chi connectivity index (χ1n) is 8.71. The lowest BCUT2D eigenvalue weighted by atomic mass is 10.2. The molecular formula is C22H18ClN3S. The Morgan fingerprint density at radius 1 is 0.815 bits per heavy atom. The van der Waals surface area contributed by atoms with E-state index < -0.39 is 0 Å². The molecule has 0 aliphatic heterocycles. The van der Waals surface area contributed by atoms with Crippen molar-refractivity contribution in [2.24, 2.45) is 0 Å². The van der Waals surface area contributed by atoms with Crippen LogP contribution in [0.25, 0.3) is 17.1 Å². The van der Waals surface area contributed by atoms with Gasteiger partial charge in [-0.1, -0.05) is 90.1 Å². The van der Waals surface area contributed by atoms with Crippen LogP contribution in [0, 0.1) is 0 Å². The summed E-state index contributed by atoms with van der Waals surface area (Å²) in [5.41, 5.74) is 3.16. The molecule has 0 bridgehead atoms. The molecule has 0 unspecified atom stereocenters. The summed E-state index contributed by atoms with van der Waals surface area (Å²) in [6.07, 6.45) is 0. The molecule has 4 rings (SSSR count). The first kappa shape index (κ1) is 17.8. The molecule has 0 saturated heterocycles. The molecule has 134 valence electrons. The number of aromatic nitrogens is 3. The molecular weight excluding hydrogens is 374 g/mol. The lowest BCUT2D eigenvalue weighted by molar-refractivity contribution is 0.878. The van der Waals surface area contributed by atoms with Gasteiger partial charge in [0.2, 0.25) is 0 Å². The van der Waals surface area contributed by atoms with Gasteiger partial charge in [0.15, 0.2) is 11.0 Å². The first-order chi connectivity index (χ1) is 13.2. The van der Waals surface area contributed by atoms with Gasteiger partial charge < -0.3 is 0 Å². The van der Waals surface area contributed by atoms with Crippen LogP contribution in [0.1, 0.15) is 17.7 Å². The van der Waals surface area contributed by atoms with Crippen LogP contribution < -0.4 is 0 Å². The number of para-hydroxylation sites is 1. The van der Waals surface area contributed by atoms with Gasteiger partial charge in [0.05, 0.1) is 0 Å². The fourth-order valence-electron chi connectivity index (χ4n) is 2.96. The van der Waals surface area contributed by atoms with E-state index in [0.29, 0.717) is 0 Å². The molecule has 0 aliphatic carbocycles. The molecule has 1 heterocycles. The Balaban J connectivity index is 1.77. The first-order valence-corrected chi connectivity index (χ1v) is 9.97. The maximum atomic E-state index is 6.39. The molecule has 0 N–H and O–H groups in total. The topological polar surface area (TPSA) is 30.7 Å². The largest absolute Gasteiger partial charge is 0.270 e. The number of hydrogen-bond donors (Lipinski definition) is 0. The summed E-state index contributed by atoms with van der Waals surface area (Å²) >= 11 is 8.04. The molecule has 1 atom stereocenters. The van der Waals surface area contributed by atoms with Gasteiger partial charge in [-0.15, -0.1) is 10.2 Å². The number of rotatable bonds is 5. The van der Waals surface area contributed by atoms with Crippen molar-refractivity contribution in [1.82, 2.24) is 14.8 Å². The zero-order chi connectivity index (χ0) is 18.6. The highest BCUT2D eigenvalue weighted by Crippen LogP contribution is 2.39. The zero-order valence-electron chi connectivity index (χ0n) is 14.8. The van der Waals surface area contributed by atoms with E-state index in [1.807, 2.05) is 54.6 Å². The molecule has 3 nitrogen and oxygen atoms in total. The van der Waals surface area contributed by atoms with Crippen molar-refractivity contribution in [3.8, 4) is 17.1 Å². The Bertz CT molecular complexity index is 1030. The monoisotopic (exact) mass is 391 g/mol. The molecule has 0 radical (unpaired) electrons. The van der Waals surface area contributed by atoms with Gasteiger partial charge in [-0.25, -0.2) is 0 Å². The predicted molar refractivity (Wildman–Crippen MR) is 113 cm³/mol. The van der Waals surface area contributed by atoms with E-state index in [9.17, 15) is 0 Å². The Hall–Kier alpha value is -2.56. The average molecular weight is 392 g/mol. The van der Waals surface area contributed by atoms with Crippen molar-refractivity contribution in [3.05, 3.63) is 95.5 Å². The van der Waals surface area contributed by atoms with Crippen molar-refractivity contribution in [3.63, 3.8) is 0 Å². The minimum atomic E-state index is 0.147. The van der Waals surface area contributed by atoms with Crippen LogP contribution in [-0.4, -0.2) is 14.8 Å². The van der Waals surface area contributed by atoms with Gasteiger partial charge in [-0.05, 0) is 30.7 Å². The Morgan fingerprint density at radius 3 is 2.15 bits per heavy atom. The van der Waals surface area contributed by atoms with Crippen LogP contribution in [-0.2, 0) is 0 Å². The quantitative estimate of drug-likeness (QED) is 0.367. The average Bonchev–Trinajstić information content (AvgIpc) is 3.13. The fraction of sp³-hybridized carbons (Fsp3) is 0.0909. The summed E-state index contributed by atoms with van der Waals surface area (Å²) in [5, 5.41) is 10.7. The van der Waals surface area contributed by atoms with E-state index >= 15 is 0 Å². The molecule has 4 aromatic rings. The summed E-state index contributed by atoms with van der Waals surface area (Å²) < 4.78 is 2.10. The van der Waals surface area contributed by atoms with E-state index in [-0.39, 0.29) is 5.25 Å². The number of halogens is 1. The maximum Gasteiger partial charge on any atom is 0.196 e. The van der Waals surface area contributed by atoms with Crippen LogP contribution in [0.15, 0.2) is 90.1 Å². The third-order valence-corrected chi connectivity index (χ3v) is 5.73. The standard InChI is InChI=1S/C22H18ClN3S/c1-16(19-14-8-9-15-20(19)23)27-22-25-24-21(17-10-4-2-5-11-17)26(22)18-12-6-3-7-13-18/h2-16H,1H3/t16-/m0/s1. The summed E-state index contributed by atoms with van der Waals surface area (Å²) in [6, 6.07) is 28.3. The van der Waals surface area contributed by atoms with Crippen LogP contribution >= 0.6 is 23.4 Å². The van der Waals surface area contributed by atoms with E-state index in [4.69, 9.17) is 11.6 Å². The number of hydrogen-bond acceptors (Lipinski definition) is 3. The second kappa shape index (κ2) is 7.99. The normalized spacial score (nSPS) is 12.1. The number of benzene rings is 3. The van der Waals surface area contributed by atoms with Gasteiger partial charge in [0.1, 0.15) is 0 Å². The van der Waals surface area contributed by atoms with E-state index in [2.05, 4.69) is 52.0 Å². The number of thioether (sulfide) groups is 1. The SMILES string of the molecule is C[C@H](Sc1nnc(-c2ccccc2)n1-c1ccccc1)c1ccccc1Cl. The fourth-order valence-corrected chi connectivity index (χ4v) is 4.35. The molecule has 0 spiro atoms. The van der Waals surface area contributed by atoms with Crippen LogP contribution in [0.5, 0.6) is 0 Å². The van der Waals surface area contributed by atoms with E-state index in [1.54, 1.807) is 11.8 Å². The van der Waals surface area contributed by atoms with Crippen LogP contribution in [0.3, 0.4) is 0 Å². The minimum absolute atomic E-state index is 0.147. The highest BCUT2D eigenvalue weighted by molar-refractivity contribution is 7.99. The van der Waals surface area contributed by atoms with Crippen molar-refractivity contribution < 1.29 is 0 Å². The summed E-state index contributed by atoms with van der Waals surface area (Å²) in [5.74, 6) is 0.829. The van der Waals surface area contributed by atoms with Crippen molar-refractivity contribution in [2.45, 2.75) is 17.3 Å². The second-order valence-electron chi connectivity index (χ2n) is 6.12. The van der Waals surface area contributed by atoms with Crippen molar-refractivity contribution in [1.29, 1.82) is 0 Å². The van der Waals surface area contributed by atoms with E-state index in [1.165, 1.54) is 0 Å². The molecule has 0 aliphatic rings. The van der Waals surface area contributed by atoms with Gasteiger partial charge in [0, 0.05) is 21.5 Å². The van der Waals surface area contributed by atoms with Crippen LogP contribution in [0.4, 0.5) is 0 Å². The smallest absolute Gasteiger partial charge is 0.196 e. The summed E-state index contributed by atoms with van der Waals surface area (Å²) in [7, 11) is 0. The Morgan fingerprint density at radius 2 is 1.44 bits per heavy atom. The van der Waals surface area contributed by atoms with Crippen molar-refractivity contribution >= 4 is 23.4 Å². The third kappa shape index (κ3) is 3.77. The van der Waals surface area contributed by atoms with Crippen molar-refractivity contribution in [2.75, 3.05) is 0 Å². The maximum absolute atomic E-state index is 6.39. The minimum Gasteiger partial charge on any atom is -0.270 e. The highest BCUT2D eigenvalue weighted by atomic mass is 35.5. The third-order valence-electron chi connectivity index (χ3n) is 4.31. The molecule has 1 aromatic heterocycles. The van der Waals surface area contributed by atoms with Gasteiger partial charge in [0.25, 0.3) is 0 Å². The molecule has 5 heteroatoms. The van der Waals surface area contributed by atoms with Crippen LogP contribution in [0.2, 0.25) is 5.02 Å². The Kier molecular flexibility index (Phi) is 5.28. The highest BCUT2D eigenvalue weighted by Gasteiger charge is 2.19. The lowest BCUT2D eigenvalue weighted by Gasteiger charge is -2.15. The van der Waals surface area contributed by atoms with E-state index in [0.717, 1.165) is 32.8 Å². The predicted octanol–water partition coefficient (Wildman–Crippen LogP) is 6.44. The summed E-state index contributed by atoms with van der Waals surface area (Å²) in [6.45, 7) is 2.14. The zero-order valence-corrected chi connectivity index (χ0v) is 16.4. The molecule has 3 aromatic carbocycles. The molecule has 0 saturated carbocycles. The van der Waals surface area contributed by atoms with Gasteiger partial charge >= 0.3 is 0 Å². The Labute approximate surface area is 168 Å². The lowest BCUT2D eigenvalue weighted by Crippen LogP contribution is -2.00. The molecule has 0 amide bonds. The number of nitrogens with zero attached hydrogens (tertiary/aromatic N) is 3. The second-order valence-corrected chi connectivity index (χ2v) is 7.84. The van der Waals surface area contributed by atoms with Gasteiger partial charge in [-0.2, -0.15) is 0 Å². The molecule has 0 fully saturated rings.